The van der Waals surface area contributed by atoms with Gasteiger partial charge >= 0.3 is 0 Å². The first-order valence-electron chi connectivity index (χ1n) is 8.76. The molecule has 9 heteroatoms. The summed E-state index contributed by atoms with van der Waals surface area (Å²) >= 11 is 0. The van der Waals surface area contributed by atoms with E-state index in [4.69, 9.17) is 0 Å². The summed E-state index contributed by atoms with van der Waals surface area (Å²) < 4.78 is 26.3. The highest BCUT2D eigenvalue weighted by atomic mass is 19.2. The molecule has 5 aromatic rings. The van der Waals surface area contributed by atoms with E-state index in [1.807, 2.05) is 18.2 Å². The fourth-order valence-corrected chi connectivity index (χ4v) is 3.09. The average molecular weight is 389 g/mol. The van der Waals surface area contributed by atoms with Gasteiger partial charge in [0, 0.05) is 23.7 Å². The normalized spacial score (nSPS) is 11.2. The number of nitrogens with zero attached hydrogens (tertiary/aromatic N) is 5. The Balaban J connectivity index is 1.42. The van der Waals surface area contributed by atoms with E-state index in [-0.39, 0.29) is 6.54 Å². The second-order valence-corrected chi connectivity index (χ2v) is 6.42. The smallest absolute Gasteiger partial charge is 0.223 e. The van der Waals surface area contributed by atoms with Crippen molar-refractivity contribution < 1.29 is 8.78 Å². The first-order chi connectivity index (χ1) is 14.2. The summed E-state index contributed by atoms with van der Waals surface area (Å²) in [4.78, 5) is 17.3. The summed E-state index contributed by atoms with van der Waals surface area (Å²) in [6, 6.07) is 9.50. The summed E-state index contributed by atoms with van der Waals surface area (Å²) in [6.07, 6.45) is 4.88. The van der Waals surface area contributed by atoms with Crippen LogP contribution in [-0.4, -0.2) is 30.1 Å². The molecule has 0 unspecified atom stereocenters. The molecule has 3 heterocycles. The number of aromatic amines is 1. The number of halogens is 2. The van der Waals surface area contributed by atoms with Gasteiger partial charge in [-0.25, -0.2) is 28.7 Å². The molecule has 0 radical (unpaired) electrons. The Kier molecular flexibility index (Phi) is 4.05. The maximum Gasteiger partial charge on any atom is 0.223 e. The van der Waals surface area contributed by atoms with Crippen molar-refractivity contribution in [1.82, 2.24) is 30.1 Å². The largest absolute Gasteiger partial charge is 0.350 e. The van der Waals surface area contributed by atoms with Crippen LogP contribution >= 0.6 is 0 Å². The van der Waals surface area contributed by atoms with Crippen LogP contribution in [0.25, 0.3) is 33.2 Å². The lowest BCUT2D eigenvalue weighted by Gasteiger charge is -2.07. The zero-order chi connectivity index (χ0) is 19.8. The molecule has 5 rings (SSSR count). The van der Waals surface area contributed by atoms with Crippen molar-refractivity contribution in [2.24, 2.45) is 0 Å². The molecule has 3 aromatic heterocycles. The third kappa shape index (κ3) is 3.22. The van der Waals surface area contributed by atoms with Gasteiger partial charge in [0.2, 0.25) is 5.95 Å². The number of hydrogen-bond acceptors (Lipinski definition) is 6. The molecule has 0 spiro atoms. The molecule has 29 heavy (non-hydrogen) atoms. The molecule has 142 valence electrons. The number of H-pyrrole nitrogens is 1. The summed E-state index contributed by atoms with van der Waals surface area (Å²) in [6.45, 7) is 0.278. The van der Waals surface area contributed by atoms with E-state index in [1.165, 1.54) is 12.4 Å². The van der Waals surface area contributed by atoms with Crippen molar-refractivity contribution in [3.8, 4) is 11.3 Å². The average Bonchev–Trinajstić information content (AvgIpc) is 3.23. The minimum atomic E-state index is -0.882. The highest BCUT2D eigenvalue weighted by Gasteiger charge is 2.10. The third-order valence-corrected chi connectivity index (χ3v) is 4.54. The van der Waals surface area contributed by atoms with Crippen molar-refractivity contribution in [2.45, 2.75) is 6.54 Å². The van der Waals surface area contributed by atoms with Crippen LogP contribution in [-0.2, 0) is 6.54 Å². The lowest BCUT2D eigenvalue weighted by molar-refractivity contribution is 0.507. The second-order valence-electron chi connectivity index (χ2n) is 6.42. The van der Waals surface area contributed by atoms with Crippen molar-refractivity contribution in [1.29, 1.82) is 0 Å². The predicted octanol–water partition coefficient (Wildman–Crippen LogP) is 3.85. The molecule has 0 aliphatic carbocycles. The van der Waals surface area contributed by atoms with Gasteiger partial charge in [0.05, 0.1) is 22.8 Å². The molecule has 0 bridgehead atoms. The second kappa shape index (κ2) is 6.86. The van der Waals surface area contributed by atoms with Crippen molar-refractivity contribution in [3.63, 3.8) is 0 Å². The third-order valence-electron chi connectivity index (χ3n) is 4.54. The Morgan fingerprint density at radius 3 is 2.76 bits per heavy atom. The Bertz CT molecular complexity index is 1350. The van der Waals surface area contributed by atoms with E-state index < -0.39 is 11.6 Å². The zero-order valence-corrected chi connectivity index (χ0v) is 14.9. The van der Waals surface area contributed by atoms with Crippen LogP contribution in [0.4, 0.5) is 14.7 Å². The number of aromatic nitrogens is 6. The summed E-state index contributed by atoms with van der Waals surface area (Å²) in [5.41, 5.74) is 3.68. The Labute approximate surface area is 162 Å². The van der Waals surface area contributed by atoms with Crippen LogP contribution in [0.2, 0.25) is 0 Å². The van der Waals surface area contributed by atoms with E-state index in [0.29, 0.717) is 17.2 Å². The van der Waals surface area contributed by atoms with Crippen LogP contribution in [0.1, 0.15) is 5.56 Å². The number of nitrogens with one attached hydrogen (secondary N) is 2. The lowest BCUT2D eigenvalue weighted by Crippen LogP contribution is -2.04. The quantitative estimate of drug-likeness (QED) is 0.485. The van der Waals surface area contributed by atoms with E-state index in [2.05, 4.69) is 35.5 Å². The topological polar surface area (TPSA) is 92.3 Å². The van der Waals surface area contributed by atoms with Crippen molar-refractivity contribution in [2.75, 3.05) is 5.32 Å². The number of anilines is 1. The SMILES string of the molecule is Fc1ccc(CNc2ncc3cc(-c4ncnc5[nH]ncc45)ccc3n2)cc1F. The lowest BCUT2D eigenvalue weighted by atomic mass is 10.1. The summed E-state index contributed by atoms with van der Waals surface area (Å²) in [7, 11) is 0. The van der Waals surface area contributed by atoms with Crippen LogP contribution in [0, 0.1) is 11.6 Å². The minimum Gasteiger partial charge on any atom is -0.350 e. The molecule has 2 N–H and O–H groups in total. The van der Waals surface area contributed by atoms with Gasteiger partial charge in [-0.2, -0.15) is 5.10 Å². The predicted molar refractivity (Wildman–Crippen MR) is 104 cm³/mol. The van der Waals surface area contributed by atoms with Crippen LogP contribution in [0.3, 0.4) is 0 Å². The van der Waals surface area contributed by atoms with Gasteiger partial charge in [-0.05, 0) is 29.8 Å². The van der Waals surface area contributed by atoms with Gasteiger partial charge in [0.15, 0.2) is 17.3 Å². The summed E-state index contributed by atoms with van der Waals surface area (Å²) in [5.74, 6) is -1.36. The molecular formula is C20H13F2N7. The number of rotatable bonds is 4. The highest BCUT2D eigenvalue weighted by Crippen LogP contribution is 2.27. The first kappa shape index (κ1) is 17.1. The van der Waals surface area contributed by atoms with Gasteiger partial charge in [-0.1, -0.05) is 12.1 Å². The highest BCUT2D eigenvalue weighted by molar-refractivity contribution is 5.93. The van der Waals surface area contributed by atoms with Gasteiger partial charge in [-0.15, -0.1) is 0 Å². The maximum atomic E-state index is 13.3. The Morgan fingerprint density at radius 1 is 0.931 bits per heavy atom. The zero-order valence-electron chi connectivity index (χ0n) is 14.9. The molecule has 0 aliphatic rings. The molecular weight excluding hydrogens is 376 g/mol. The van der Waals surface area contributed by atoms with Crippen molar-refractivity contribution in [3.05, 3.63) is 72.3 Å². The fraction of sp³-hybridized carbons (Fsp3) is 0.0500. The van der Waals surface area contributed by atoms with Crippen LogP contribution in [0.5, 0.6) is 0 Å². The molecule has 2 aromatic carbocycles. The monoisotopic (exact) mass is 389 g/mol. The van der Waals surface area contributed by atoms with Crippen LogP contribution in [0.15, 0.2) is 55.1 Å². The molecule has 0 aliphatic heterocycles. The summed E-state index contributed by atoms with van der Waals surface area (Å²) in [5, 5.41) is 11.5. The standard InChI is InChI=1S/C20H13F2N7/c21-15-3-1-11(5-16(15)22)7-23-20-24-8-13-6-12(2-4-17(13)28-20)18-14-9-27-29-19(14)26-10-25-18/h1-6,8-10H,7H2,(H,23,24,28)(H,25,26,27,29). The van der Waals surface area contributed by atoms with Crippen molar-refractivity contribution >= 4 is 27.9 Å². The molecule has 0 amide bonds. The van der Waals surface area contributed by atoms with Gasteiger partial charge in [0.25, 0.3) is 0 Å². The van der Waals surface area contributed by atoms with Gasteiger partial charge in [0.1, 0.15) is 6.33 Å². The Morgan fingerprint density at radius 2 is 1.86 bits per heavy atom. The first-order valence-corrected chi connectivity index (χ1v) is 8.76. The Hall–Kier alpha value is -4.01. The molecule has 0 fully saturated rings. The molecule has 7 nitrogen and oxygen atoms in total. The maximum absolute atomic E-state index is 13.3. The number of fused-ring (bicyclic) bond motifs is 2. The van der Waals surface area contributed by atoms with Gasteiger partial charge < -0.3 is 5.32 Å². The molecule has 0 saturated carbocycles. The van der Waals surface area contributed by atoms with Crippen LogP contribution < -0.4 is 5.32 Å². The number of benzene rings is 2. The minimum absolute atomic E-state index is 0.278. The van der Waals surface area contributed by atoms with E-state index in [0.717, 1.165) is 39.7 Å². The van der Waals surface area contributed by atoms with E-state index >= 15 is 0 Å². The molecule has 0 saturated heterocycles. The fourth-order valence-electron chi connectivity index (χ4n) is 3.09. The van der Waals surface area contributed by atoms with E-state index in [9.17, 15) is 8.78 Å². The molecule has 0 atom stereocenters. The number of hydrogen-bond donors (Lipinski definition) is 2. The van der Waals surface area contributed by atoms with Gasteiger partial charge in [-0.3, -0.25) is 5.10 Å². The van der Waals surface area contributed by atoms with E-state index in [1.54, 1.807) is 12.4 Å².